The number of hydrogen-bond donors (Lipinski definition) is 1. The third-order valence-electron chi connectivity index (χ3n) is 1.85. The van der Waals surface area contributed by atoms with Crippen molar-refractivity contribution in [1.82, 2.24) is 0 Å². The molecule has 0 aliphatic heterocycles. The van der Waals surface area contributed by atoms with Gasteiger partial charge in [0.1, 0.15) is 0 Å². The van der Waals surface area contributed by atoms with Crippen LogP contribution in [-0.4, -0.2) is 24.3 Å². The molecule has 0 fully saturated rings. The van der Waals surface area contributed by atoms with Gasteiger partial charge in [0.25, 0.3) is 0 Å². The highest BCUT2D eigenvalue weighted by molar-refractivity contribution is 6.04. The largest absolute Gasteiger partial charge is 0.504 e. The average molecular weight is 194 g/mol. The molecule has 0 unspecified atom stereocenters. The number of phenols is 1. The van der Waals surface area contributed by atoms with Crippen LogP contribution < -0.4 is 4.74 Å². The van der Waals surface area contributed by atoms with Crippen LogP contribution in [0.15, 0.2) is 12.1 Å². The van der Waals surface area contributed by atoms with E-state index in [1.54, 1.807) is 0 Å². The van der Waals surface area contributed by atoms with Crippen molar-refractivity contribution < 1.29 is 19.4 Å². The molecule has 0 aliphatic rings. The second-order valence-electron chi connectivity index (χ2n) is 2.76. The Bertz CT molecular complexity index is 382. The Morgan fingerprint density at radius 3 is 2.57 bits per heavy atom. The van der Waals surface area contributed by atoms with E-state index in [0.29, 0.717) is 6.29 Å². The number of rotatable bonds is 3. The number of Topliss-reactive ketones (excluding diaryl/α,β-unsaturated/α-hetero) is 1. The van der Waals surface area contributed by atoms with Gasteiger partial charge in [-0.25, -0.2) is 0 Å². The summed E-state index contributed by atoms with van der Waals surface area (Å²) in [6.07, 6.45) is 0.554. The van der Waals surface area contributed by atoms with Crippen LogP contribution in [0.2, 0.25) is 0 Å². The molecule has 1 aromatic rings. The van der Waals surface area contributed by atoms with E-state index in [-0.39, 0.29) is 28.4 Å². The van der Waals surface area contributed by atoms with Gasteiger partial charge in [0.2, 0.25) is 0 Å². The van der Waals surface area contributed by atoms with Gasteiger partial charge >= 0.3 is 0 Å². The summed E-state index contributed by atoms with van der Waals surface area (Å²) in [7, 11) is 1.33. The zero-order valence-electron chi connectivity index (χ0n) is 7.90. The van der Waals surface area contributed by atoms with Crippen LogP contribution in [0.5, 0.6) is 11.5 Å². The maximum Gasteiger partial charge on any atom is 0.171 e. The van der Waals surface area contributed by atoms with Crippen molar-refractivity contribution in [3.8, 4) is 11.5 Å². The highest BCUT2D eigenvalue weighted by Crippen LogP contribution is 2.32. The molecule has 1 N–H and O–H groups in total. The summed E-state index contributed by atoms with van der Waals surface area (Å²) in [4.78, 5) is 21.8. The summed E-state index contributed by atoms with van der Waals surface area (Å²) >= 11 is 0. The summed E-state index contributed by atoms with van der Waals surface area (Å²) in [6.45, 7) is 1.31. The lowest BCUT2D eigenvalue weighted by atomic mass is 10.0. The third-order valence-corrected chi connectivity index (χ3v) is 1.85. The molecule has 0 atom stereocenters. The van der Waals surface area contributed by atoms with Crippen molar-refractivity contribution in [2.75, 3.05) is 7.11 Å². The van der Waals surface area contributed by atoms with Crippen molar-refractivity contribution in [3.05, 3.63) is 23.3 Å². The standard InChI is InChI=1S/C10H10O4/c1-6(12)9-7(5-11)3-4-8(13)10(9)14-2/h3-5,13H,1-2H3. The molecule has 0 saturated heterocycles. The Morgan fingerprint density at radius 2 is 2.14 bits per heavy atom. The number of carbonyl (C=O) groups excluding carboxylic acids is 2. The highest BCUT2D eigenvalue weighted by atomic mass is 16.5. The fraction of sp³-hybridized carbons (Fsp3) is 0.200. The predicted molar refractivity (Wildman–Crippen MR) is 50.1 cm³/mol. The van der Waals surface area contributed by atoms with Crippen LogP contribution in [0.4, 0.5) is 0 Å². The number of methoxy groups -OCH3 is 1. The summed E-state index contributed by atoms with van der Waals surface area (Å²) in [5.41, 5.74) is 0.328. The zero-order chi connectivity index (χ0) is 10.7. The molecule has 0 amide bonds. The Labute approximate surface area is 81.1 Å². The van der Waals surface area contributed by atoms with Gasteiger partial charge in [-0.05, 0) is 19.1 Å². The van der Waals surface area contributed by atoms with Crippen molar-refractivity contribution >= 4 is 12.1 Å². The summed E-state index contributed by atoms with van der Waals surface area (Å²) in [6, 6.07) is 2.69. The fourth-order valence-corrected chi connectivity index (χ4v) is 1.25. The molecule has 1 rings (SSSR count). The monoisotopic (exact) mass is 194 g/mol. The number of phenolic OH excluding ortho intramolecular Hbond substituents is 1. The maximum absolute atomic E-state index is 11.2. The Kier molecular flexibility index (Phi) is 2.86. The van der Waals surface area contributed by atoms with E-state index >= 15 is 0 Å². The van der Waals surface area contributed by atoms with E-state index in [4.69, 9.17) is 4.74 Å². The number of ketones is 1. The predicted octanol–water partition coefficient (Wildman–Crippen LogP) is 1.42. The smallest absolute Gasteiger partial charge is 0.171 e. The van der Waals surface area contributed by atoms with Gasteiger partial charge in [0, 0.05) is 5.56 Å². The van der Waals surface area contributed by atoms with E-state index in [0.717, 1.165) is 0 Å². The molecule has 0 aliphatic carbocycles. The summed E-state index contributed by atoms with van der Waals surface area (Å²) in [5.74, 6) is -0.426. The Morgan fingerprint density at radius 1 is 1.50 bits per heavy atom. The first-order chi connectivity index (χ1) is 6.61. The molecular weight excluding hydrogens is 184 g/mol. The molecule has 4 heteroatoms. The van der Waals surface area contributed by atoms with E-state index < -0.39 is 0 Å². The number of benzene rings is 1. The minimum Gasteiger partial charge on any atom is -0.504 e. The van der Waals surface area contributed by atoms with Gasteiger partial charge in [-0.2, -0.15) is 0 Å². The molecule has 0 bridgehead atoms. The fourth-order valence-electron chi connectivity index (χ4n) is 1.25. The van der Waals surface area contributed by atoms with Gasteiger partial charge < -0.3 is 9.84 Å². The van der Waals surface area contributed by atoms with E-state index in [9.17, 15) is 14.7 Å². The normalized spacial score (nSPS) is 9.57. The minimum absolute atomic E-state index is 0.0436. The number of ether oxygens (including phenoxy) is 1. The molecule has 0 spiro atoms. The van der Waals surface area contributed by atoms with Gasteiger partial charge in [0.15, 0.2) is 23.6 Å². The lowest BCUT2D eigenvalue weighted by molar-refractivity contribution is 0.100. The molecule has 14 heavy (non-hydrogen) atoms. The summed E-state index contributed by atoms with van der Waals surface area (Å²) < 4.78 is 4.85. The average Bonchev–Trinajstić information content (AvgIpc) is 2.17. The SMILES string of the molecule is COc1c(O)ccc(C=O)c1C(C)=O. The number of hydrogen-bond acceptors (Lipinski definition) is 4. The number of aldehydes is 1. The van der Waals surface area contributed by atoms with Gasteiger partial charge in [-0.15, -0.1) is 0 Å². The van der Waals surface area contributed by atoms with Gasteiger partial charge in [-0.1, -0.05) is 0 Å². The van der Waals surface area contributed by atoms with Crippen LogP contribution in [0.3, 0.4) is 0 Å². The first-order valence-corrected chi connectivity index (χ1v) is 3.98. The molecular formula is C10H10O4. The maximum atomic E-state index is 11.2. The molecule has 0 aromatic heterocycles. The second-order valence-corrected chi connectivity index (χ2v) is 2.76. The van der Waals surface area contributed by atoms with Crippen LogP contribution in [0, 0.1) is 0 Å². The topological polar surface area (TPSA) is 63.6 Å². The quantitative estimate of drug-likeness (QED) is 0.583. The lowest BCUT2D eigenvalue weighted by Gasteiger charge is -2.09. The van der Waals surface area contributed by atoms with E-state index in [2.05, 4.69) is 0 Å². The lowest BCUT2D eigenvalue weighted by Crippen LogP contribution is -2.02. The van der Waals surface area contributed by atoms with Crippen LogP contribution in [0.25, 0.3) is 0 Å². The number of aromatic hydroxyl groups is 1. The Balaban J connectivity index is 3.51. The molecule has 4 nitrogen and oxygen atoms in total. The molecule has 0 radical (unpaired) electrons. The first kappa shape index (κ1) is 10.2. The van der Waals surface area contributed by atoms with Gasteiger partial charge in [0.05, 0.1) is 12.7 Å². The van der Waals surface area contributed by atoms with Crippen molar-refractivity contribution in [3.63, 3.8) is 0 Å². The second kappa shape index (κ2) is 3.91. The minimum atomic E-state index is -0.320. The van der Waals surface area contributed by atoms with E-state index in [1.165, 1.54) is 26.2 Å². The zero-order valence-corrected chi connectivity index (χ0v) is 7.90. The van der Waals surface area contributed by atoms with Crippen LogP contribution in [-0.2, 0) is 0 Å². The third kappa shape index (κ3) is 1.59. The van der Waals surface area contributed by atoms with Crippen LogP contribution in [0.1, 0.15) is 27.6 Å². The summed E-state index contributed by atoms with van der Waals surface area (Å²) in [5, 5.41) is 9.37. The number of carbonyl (C=O) groups is 2. The highest BCUT2D eigenvalue weighted by Gasteiger charge is 2.16. The molecule has 74 valence electrons. The van der Waals surface area contributed by atoms with Crippen molar-refractivity contribution in [2.45, 2.75) is 6.92 Å². The first-order valence-electron chi connectivity index (χ1n) is 3.98. The molecule has 0 saturated carbocycles. The Hall–Kier alpha value is -1.84. The van der Waals surface area contributed by atoms with Crippen molar-refractivity contribution in [1.29, 1.82) is 0 Å². The molecule has 1 aromatic carbocycles. The van der Waals surface area contributed by atoms with Crippen LogP contribution >= 0.6 is 0 Å². The molecule has 0 heterocycles. The van der Waals surface area contributed by atoms with Gasteiger partial charge in [-0.3, -0.25) is 9.59 Å². The van der Waals surface area contributed by atoms with E-state index in [1.807, 2.05) is 0 Å². The van der Waals surface area contributed by atoms with Crippen molar-refractivity contribution in [2.24, 2.45) is 0 Å².